The molecule has 3 rings (SSSR count). The van der Waals surface area contributed by atoms with Gasteiger partial charge in [-0.25, -0.2) is 9.78 Å². The number of carbonyl (C=O) groups is 1. The molecule has 0 saturated heterocycles. The fourth-order valence-electron chi connectivity index (χ4n) is 3.57. The fraction of sp³-hybridized carbons (Fsp3) is 0.522. The number of aldehydes is 1. The van der Waals surface area contributed by atoms with E-state index < -0.39 is 11.2 Å². The maximum Gasteiger partial charge on any atom is 0.349 e. The summed E-state index contributed by atoms with van der Waals surface area (Å²) in [5.41, 5.74) is 2.65. The number of nitrogens with zero attached hydrogens (tertiary/aromatic N) is 3. The molecule has 2 heterocycles. The normalized spacial score (nSPS) is 11.9. The highest BCUT2D eigenvalue weighted by Gasteiger charge is 2.20. The van der Waals surface area contributed by atoms with Crippen molar-refractivity contribution in [2.24, 2.45) is 5.41 Å². The third-order valence-corrected chi connectivity index (χ3v) is 5.22. The highest BCUT2D eigenvalue weighted by atomic mass is 16.2. The largest absolute Gasteiger partial charge is 0.384 e. The Labute approximate surface area is 181 Å². The van der Waals surface area contributed by atoms with Gasteiger partial charge in [0.15, 0.2) is 11.5 Å². The van der Waals surface area contributed by atoms with E-state index in [1.54, 1.807) is 0 Å². The van der Waals surface area contributed by atoms with Crippen molar-refractivity contribution in [1.29, 1.82) is 0 Å². The summed E-state index contributed by atoms with van der Waals surface area (Å²) in [6.07, 6.45) is 5.14. The summed E-state index contributed by atoms with van der Waals surface area (Å²) in [7, 11) is 0. The Morgan fingerprint density at radius 3 is 2.55 bits per heavy atom. The van der Waals surface area contributed by atoms with E-state index in [1.165, 1.54) is 0 Å². The third-order valence-electron chi connectivity index (χ3n) is 5.22. The molecule has 1 aromatic rings. The summed E-state index contributed by atoms with van der Waals surface area (Å²) >= 11 is 0. The van der Waals surface area contributed by atoms with Gasteiger partial charge in [-0.1, -0.05) is 33.6 Å². The van der Waals surface area contributed by atoms with Crippen LogP contribution in [0.5, 0.6) is 0 Å². The van der Waals surface area contributed by atoms with Crippen LogP contribution >= 0.6 is 0 Å². The van der Waals surface area contributed by atoms with Crippen molar-refractivity contribution in [1.82, 2.24) is 19.5 Å². The van der Waals surface area contributed by atoms with E-state index in [0.29, 0.717) is 24.3 Å². The minimum Gasteiger partial charge on any atom is -0.384 e. The second-order valence-corrected chi connectivity index (χ2v) is 9.25. The van der Waals surface area contributed by atoms with Crippen LogP contribution in [0, 0.1) is 12.3 Å². The van der Waals surface area contributed by atoms with Gasteiger partial charge in [-0.15, -0.1) is 0 Å². The van der Waals surface area contributed by atoms with Gasteiger partial charge in [0.1, 0.15) is 6.29 Å². The van der Waals surface area contributed by atoms with Crippen LogP contribution in [0.1, 0.15) is 58.4 Å². The fourth-order valence-corrected chi connectivity index (χ4v) is 3.57. The number of carbonyl (C=O) groups excluding carboxylic acids is 1. The summed E-state index contributed by atoms with van der Waals surface area (Å²) in [4.78, 5) is 45.6. The van der Waals surface area contributed by atoms with E-state index in [0.717, 1.165) is 55.3 Å². The van der Waals surface area contributed by atoms with Gasteiger partial charge in [0, 0.05) is 25.2 Å². The van der Waals surface area contributed by atoms with Crippen LogP contribution in [0.2, 0.25) is 0 Å². The average molecular weight is 426 g/mol. The van der Waals surface area contributed by atoms with Crippen LogP contribution in [0.15, 0.2) is 21.7 Å². The van der Waals surface area contributed by atoms with Crippen LogP contribution in [0.4, 0.5) is 5.69 Å². The maximum absolute atomic E-state index is 12.4. The van der Waals surface area contributed by atoms with Crippen LogP contribution in [0.3, 0.4) is 0 Å². The molecule has 0 radical (unpaired) electrons. The topological polar surface area (TPSA) is 110 Å². The lowest BCUT2D eigenvalue weighted by Gasteiger charge is -2.22. The van der Waals surface area contributed by atoms with Gasteiger partial charge < -0.3 is 14.7 Å². The molecule has 0 aliphatic carbocycles. The van der Waals surface area contributed by atoms with Gasteiger partial charge in [-0.3, -0.25) is 9.78 Å². The Morgan fingerprint density at radius 1 is 1.10 bits per heavy atom. The van der Waals surface area contributed by atoms with Gasteiger partial charge in [0.25, 0.3) is 5.56 Å². The zero-order valence-electron chi connectivity index (χ0n) is 18.7. The van der Waals surface area contributed by atoms with Gasteiger partial charge in [-0.05, 0) is 42.9 Å². The lowest BCUT2D eigenvalue weighted by atomic mass is 9.96. The Bertz CT molecular complexity index is 1160. The van der Waals surface area contributed by atoms with E-state index in [2.05, 4.69) is 41.0 Å². The molecule has 0 saturated carbocycles. The molecule has 0 atom stereocenters. The molecular formula is C23H31N5O3. The second-order valence-electron chi connectivity index (χ2n) is 9.25. The lowest BCUT2D eigenvalue weighted by molar-refractivity contribution is -0.107. The average Bonchev–Trinajstić information content (AvgIpc) is 2.68. The van der Waals surface area contributed by atoms with Gasteiger partial charge in [0.05, 0.1) is 11.0 Å². The molecule has 2 aliphatic rings. The van der Waals surface area contributed by atoms with Crippen LogP contribution in [0.25, 0.3) is 22.6 Å². The van der Waals surface area contributed by atoms with Crippen molar-refractivity contribution < 1.29 is 4.79 Å². The molecule has 2 aliphatic heterocycles. The van der Waals surface area contributed by atoms with Crippen molar-refractivity contribution in [2.75, 3.05) is 11.9 Å². The molecule has 31 heavy (non-hydrogen) atoms. The number of unbranched alkanes of at least 4 members (excludes halogenated alkanes) is 4. The van der Waals surface area contributed by atoms with Crippen molar-refractivity contribution in [3.8, 4) is 11.5 Å². The predicted octanol–water partition coefficient (Wildman–Crippen LogP) is 3.50. The number of benzene rings is 1. The van der Waals surface area contributed by atoms with Gasteiger partial charge in [0.2, 0.25) is 0 Å². The summed E-state index contributed by atoms with van der Waals surface area (Å²) < 4.78 is 1.93. The van der Waals surface area contributed by atoms with Crippen molar-refractivity contribution in [3.05, 3.63) is 38.5 Å². The highest BCUT2D eigenvalue weighted by molar-refractivity contribution is 5.84. The molecule has 0 fully saturated rings. The van der Waals surface area contributed by atoms with Gasteiger partial charge in [-0.2, -0.15) is 4.98 Å². The van der Waals surface area contributed by atoms with Crippen LogP contribution < -0.4 is 16.6 Å². The smallest absolute Gasteiger partial charge is 0.349 e. The maximum atomic E-state index is 12.4. The lowest BCUT2D eigenvalue weighted by Crippen LogP contribution is -2.29. The number of fused-ring (bicyclic) bond motifs is 2. The molecule has 166 valence electrons. The first kappa shape index (κ1) is 22.7. The number of hydrogen-bond acceptors (Lipinski definition) is 6. The van der Waals surface area contributed by atoms with Crippen LogP contribution in [-0.2, 0) is 11.3 Å². The van der Waals surface area contributed by atoms with E-state index in [9.17, 15) is 14.4 Å². The number of aromatic nitrogens is 4. The highest BCUT2D eigenvalue weighted by Crippen LogP contribution is 2.28. The van der Waals surface area contributed by atoms with E-state index in [1.807, 2.05) is 23.6 Å². The Hall–Kier alpha value is -3.03. The standard InChI is InChI=1S/C23H31N5O3/c1-15-12-17-18(13-16(15)24-14-23(2,3)4)28(10-8-6-5-7-9-11-29)20-19(25-17)21(30)27-22(31)26-20/h11-13,24H,5-10,14H2,1-4H3,(H,27,30,31). The van der Waals surface area contributed by atoms with E-state index in [4.69, 9.17) is 0 Å². The van der Waals surface area contributed by atoms with E-state index >= 15 is 0 Å². The minimum atomic E-state index is -0.670. The summed E-state index contributed by atoms with van der Waals surface area (Å²) in [5.74, 6) is 0.305. The SMILES string of the molecule is Cc1cc2nc3c(=O)[nH]c(=O)nc-3n(CCCCCCC=O)c2cc1NCC(C)(C)C. The quantitative estimate of drug-likeness (QED) is 0.308. The number of nitrogens with one attached hydrogen (secondary N) is 2. The number of aryl methyl sites for hydroxylation is 2. The minimum absolute atomic E-state index is 0.118. The molecule has 0 unspecified atom stereocenters. The Balaban J connectivity index is 2.06. The number of H-pyrrole nitrogens is 1. The molecule has 8 nitrogen and oxygen atoms in total. The molecule has 2 N–H and O–H groups in total. The van der Waals surface area contributed by atoms with Gasteiger partial charge >= 0.3 is 5.69 Å². The Morgan fingerprint density at radius 2 is 1.84 bits per heavy atom. The number of anilines is 1. The van der Waals surface area contributed by atoms with Crippen molar-refractivity contribution >= 4 is 23.0 Å². The third kappa shape index (κ3) is 5.57. The first-order chi connectivity index (χ1) is 14.7. The monoisotopic (exact) mass is 425 g/mol. The summed E-state index contributed by atoms with van der Waals surface area (Å²) in [6.45, 7) is 9.93. The molecule has 1 aromatic carbocycles. The van der Waals surface area contributed by atoms with Crippen molar-refractivity contribution in [3.63, 3.8) is 0 Å². The zero-order valence-corrected chi connectivity index (χ0v) is 18.7. The number of hydrogen-bond donors (Lipinski definition) is 2. The molecule has 0 spiro atoms. The molecule has 0 amide bonds. The first-order valence-electron chi connectivity index (χ1n) is 10.8. The number of rotatable bonds is 9. The summed E-state index contributed by atoms with van der Waals surface area (Å²) in [6, 6.07) is 3.99. The molecule has 0 bridgehead atoms. The van der Waals surface area contributed by atoms with Crippen molar-refractivity contribution in [2.45, 2.75) is 66.3 Å². The number of aromatic amines is 1. The second kappa shape index (κ2) is 9.41. The van der Waals surface area contributed by atoms with Crippen LogP contribution in [-0.4, -0.2) is 32.3 Å². The zero-order chi connectivity index (χ0) is 22.6. The predicted molar refractivity (Wildman–Crippen MR) is 123 cm³/mol. The van der Waals surface area contributed by atoms with E-state index in [-0.39, 0.29) is 11.1 Å². The summed E-state index contributed by atoms with van der Waals surface area (Å²) in [5, 5.41) is 3.51. The molecule has 8 heteroatoms. The Kier molecular flexibility index (Phi) is 6.87. The molecular weight excluding hydrogens is 394 g/mol. The molecule has 0 aromatic heterocycles. The first-order valence-corrected chi connectivity index (χ1v) is 10.8.